The molecule has 3 rings (SSSR count). The monoisotopic (exact) mass is 222 g/mol. The molecule has 2 nitrogen and oxygen atoms in total. The van der Waals surface area contributed by atoms with Crippen LogP contribution < -0.4 is 5.32 Å². The first-order valence-electron chi connectivity index (χ1n) is 7.30. The summed E-state index contributed by atoms with van der Waals surface area (Å²) in [5, 5.41) is 3.49. The topological polar surface area (TPSA) is 15.3 Å². The van der Waals surface area contributed by atoms with Gasteiger partial charge in [0.2, 0.25) is 0 Å². The van der Waals surface area contributed by atoms with Gasteiger partial charge in [-0.15, -0.1) is 0 Å². The molecule has 2 bridgehead atoms. The first-order chi connectivity index (χ1) is 7.86. The van der Waals surface area contributed by atoms with E-state index in [1.807, 2.05) is 0 Å². The Labute approximate surface area is 99.8 Å². The molecule has 2 atom stereocenters. The Morgan fingerprint density at radius 3 is 2.25 bits per heavy atom. The molecule has 1 aliphatic carbocycles. The average molecular weight is 222 g/mol. The van der Waals surface area contributed by atoms with Crippen LogP contribution in [0.25, 0.3) is 0 Å². The smallest absolute Gasteiger partial charge is 0.0114 e. The van der Waals surface area contributed by atoms with Gasteiger partial charge in [-0.3, -0.25) is 4.90 Å². The van der Waals surface area contributed by atoms with E-state index in [4.69, 9.17) is 0 Å². The number of piperidine rings is 1. The Balaban J connectivity index is 1.52. The minimum absolute atomic E-state index is 0.803. The summed E-state index contributed by atoms with van der Waals surface area (Å²) >= 11 is 0. The quantitative estimate of drug-likeness (QED) is 0.786. The van der Waals surface area contributed by atoms with Crippen LogP contribution >= 0.6 is 0 Å². The van der Waals surface area contributed by atoms with Crippen molar-refractivity contribution in [3.63, 3.8) is 0 Å². The summed E-state index contributed by atoms with van der Waals surface area (Å²) in [4.78, 5) is 2.85. The fourth-order valence-electron chi connectivity index (χ4n) is 3.99. The zero-order chi connectivity index (χ0) is 11.0. The zero-order valence-electron chi connectivity index (χ0n) is 10.6. The SMILES string of the molecule is CNC1CC2CCC(C1)N2CCC1CCC1. The predicted molar refractivity (Wildman–Crippen MR) is 67.6 cm³/mol. The lowest BCUT2D eigenvalue weighted by Gasteiger charge is -2.40. The average Bonchev–Trinajstić information content (AvgIpc) is 2.48. The van der Waals surface area contributed by atoms with Crippen molar-refractivity contribution in [2.24, 2.45) is 5.92 Å². The van der Waals surface area contributed by atoms with Crippen LogP contribution in [0.3, 0.4) is 0 Å². The molecule has 92 valence electrons. The number of hydrogen-bond donors (Lipinski definition) is 1. The van der Waals surface area contributed by atoms with Crippen LogP contribution in [0.4, 0.5) is 0 Å². The predicted octanol–water partition coefficient (Wildman–Crippen LogP) is 2.39. The van der Waals surface area contributed by atoms with Gasteiger partial charge in [-0.25, -0.2) is 0 Å². The van der Waals surface area contributed by atoms with E-state index >= 15 is 0 Å². The van der Waals surface area contributed by atoms with Crippen LogP contribution in [-0.4, -0.2) is 36.6 Å². The van der Waals surface area contributed by atoms with Gasteiger partial charge in [0.05, 0.1) is 0 Å². The number of nitrogens with zero attached hydrogens (tertiary/aromatic N) is 1. The van der Waals surface area contributed by atoms with E-state index < -0.39 is 0 Å². The molecule has 1 saturated carbocycles. The molecule has 0 spiro atoms. The summed E-state index contributed by atoms with van der Waals surface area (Å²) in [5.41, 5.74) is 0. The van der Waals surface area contributed by atoms with Crippen molar-refractivity contribution in [1.82, 2.24) is 10.2 Å². The molecule has 0 radical (unpaired) electrons. The molecule has 16 heavy (non-hydrogen) atoms. The number of fused-ring (bicyclic) bond motifs is 2. The fraction of sp³-hybridized carbons (Fsp3) is 1.00. The van der Waals surface area contributed by atoms with Crippen LogP contribution in [0.5, 0.6) is 0 Å². The van der Waals surface area contributed by atoms with Crippen molar-refractivity contribution in [2.45, 2.75) is 69.5 Å². The third-order valence-electron chi connectivity index (χ3n) is 5.31. The molecule has 0 amide bonds. The van der Waals surface area contributed by atoms with Crippen LogP contribution in [0.15, 0.2) is 0 Å². The first-order valence-corrected chi connectivity index (χ1v) is 7.30. The molecule has 1 N–H and O–H groups in total. The van der Waals surface area contributed by atoms with Gasteiger partial charge >= 0.3 is 0 Å². The minimum Gasteiger partial charge on any atom is -0.317 e. The zero-order valence-corrected chi connectivity index (χ0v) is 10.6. The van der Waals surface area contributed by atoms with Crippen molar-refractivity contribution >= 4 is 0 Å². The second kappa shape index (κ2) is 4.66. The third kappa shape index (κ3) is 2.02. The van der Waals surface area contributed by atoms with E-state index in [9.17, 15) is 0 Å². The van der Waals surface area contributed by atoms with E-state index in [1.165, 1.54) is 57.9 Å². The van der Waals surface area contributed by atoms with Crippen LogP contribution in [0.1, 0.15) is 51.4 Å². The van der Waals surface area contributed by atoms with Crippen molar-refractivity contribution in [3.05, 3.63) is 0 Å². The molecule has 0 aromatic carbocycles. The van der Waals surface area contributed by atoms with E-state index in [-0.39, 0.29) is 0 Å². The van der Waals surface area contributed by atoms with Gasteiger partial charge in [-0.05, 0) is 51.6 Å². The van der Waals surface area contributed by atoms with E-state index in [1.54, 1.807) is 0 Å². The van der Waals surface area contributed by atoms with Crippen molar-refractivity contribution in [1.29, 1.82) is 0 Å². The minimum atomic E-state index is 0.803. The van der Waals surface area contributed by atoms with E-state index in [0.717, 1.165) is 24.0 Å². The fourth-order valence-corrected chi connectivity index (χ4v) is 3.99. The second-order valence-corrected chi connectivity index (χ2v) is 6.17. The van der Waals surface area contributed by atoms with Crippen molar-refractivity contribution in [3.8, 4) is 0 Å². The Morgan fingerprint density at radius 2 is 1.75 bits per heavy atom. The highest BCUT2D eigenvalue weighted by Crippen LogP contribution is 2.37. The Bertz CT molecular complexity index is 223. The molecule has 3 aliphatic rings. The summed E-state index contributed by atoms with van der Waals surface area (Å²) in [6, 6.07) is 2.63. The summed E-state index contributed by atoms with van der Waals surface area (Å²) in [6.45, 7) is 1.40. The molecule has 2 heteroatoms. The second-order valence-electron chi connectivity index (χ2n) is 6.17. The van der Waals surface area contributed by atoms with Crippen molar-refractivity contribution < 1.29 is 0 Å². The molecular weight excluding hydrogens is 196 g/mol. The lowest BCUT2D eigenvalue weighted by molar-refractivity contribution is 0.104. The Hall–Kier alpha value is -0.0800. The van der Waals surface area contributed by atoms with Gasteiger partial charge < -0.3 is 5.32 Å². The lowest BCUT2D eigenvalue weighted by atomic mass is 9.82. The largest absolute Gasteiger partial charge is 0.317 e. The molecule has 2 unspecified atom stereocenters. The lowest BCUT2D eigenvalue weighted by Crippen LogP contribution is -2.48. The number of nitrogens with one attached hydrogen (secondary N) is 1. The van der Waals surface area contributed by atoms with E-state index in [2.05, 4.69) is 17.3 Å². The molecule has 2 saturated heterocycles. The van der Waals surface area contributed by atoms with Crippen LogP contribution in [0.2, 0.25) is 0 Å². The maximum atomic E-state index is 3.49. The van der Waals surface area contributed by atoms with Crippen LogP contribution in [0, 0.1) is 5.92 Å². The molecule has 2 aliphatic heterocycles. The maximum absolute atomic E-state index is 3.49. The summed E-state index contributed by atoms with van der Waals surface area (Å²) < 4.78 is 0. The van der Waals surface area contributed by atoms with Gasteiger partial charge in [0.15, 0.2) is 0 Å². The first kappa shape index (κ1) is 11.0. The standard InChI is InChI=1S/C14H26N2/c1-15-12-9-13-5-6-14(10-12)16(13)8-7-11-3-2-4-11/h11-15H,2-10H2,1H3. The van der Waals surface area contributed by atoms with Gasteiger partial charge in [0.25, 0.3) is 0 Å². The Kier molecular flexibility index (Phi) is 3.21. The molecule has 3 fully saturated rings. The van der Waals surface area contributed by atoms with Gasteiger partial charge in [0, 0.05) is 18.1 Å². The van der Waals surface area contributed by atoms with Crippen molar-refractivity contribution in [2.75, 3.05) is 13.6 Å². The highest BCUT2D eigenvalue weighted by atomic mass is 15.2. The Morgan fingerprint density at radius 1 is 1.06 bits per heavy atom. The molecular formula is C14H26N2. The normalized spacial score (nSPS) is 39.9. The molecule has 0 aromatic rings. The summed E-state index contributed by atoms with van der Waals surface area (Å²) in [6.07, 6.45) is 11.7. The maximum Gasteiger partial charge on any atom is 0.0114 e. The highest BCUT2D eigenvalue weighted by Gasteiger charge is 2.40. The summed E-state index contributed by atoms with van der Waals surface area (Å²) in [5.74, 6) is 1.08. The number of rotatable bonds is 4. The van der Waals surface area contributed by atoms with Gasteiger partial charge in [0.1, 0.15) is 0 Å². The van der Waals surface area contributed by atoms with Gasteiger partial charge in [-0.1, -0.05) is 19.3 Å². The number of hydrogen-bond acceptors (Lipinski definition) is 2. The highest BCUT2D eigenvalue weighted by molar-refractivity contribution is 4.97. The molecule has 0 aromatic heterocycles. The van der Waals surface area contributed by atoms with E-state index in [0.29, 0.717) is 0 Å². The van der Waals surface area contributed by atoms with Gasteiger partial charge in [-0.2, -0.15) is 0 Å². The molecule has 2 heterocycles. The van der Waals surface area contributed by atoms with Crippen LogP contribution in [-0.2, 0) is 0 Å². The summed E-state index contributed by atoms with van der Waals surface area (Å²) in [7, 11) is 2.13. The third-order valence-corrected chi connectivity index (χ3v) is 5.31.